The van der Waals surface area contributed by atoms with E-state index in [1.807, 2.05) is 6.07 Å². The highest BCUT2D eigenvalue weighted by molar-refractivity contribution is 5.45. The van der Waals surface area contributed by atoms with E-state index in [0.717, 1.165) is 30.2 Å². The molecule has 0 heterocycles. The van der Waals surface area contributed by atoms with Crippen LogP contribution in [0.15, 0.2) is 12.1 Å². The summed E-state index contributed by atoms with van der Waals surface area (Å²) in [7, 11) is 0. The lowest BCUT2D eigenvalue weighted by molar-refractivity contribution is 0.0187. The van der Waals surface area contributed by atoms with Crippen LogP contribution in [0.25, 0.3) is 0 Å². The van der Waals surface area contributed by atoms with Gasteiger partial charge in [-0.15, -0.1) is 0 Å². The van der Waals surface area contributed by atoms with Gasteiger partial charge in [-0.2, -0.15) is 5.26 Å². The van der Waals surface area contributed by atoms with Crippen molar-refractivity contribution in [3.8, 4) is 11.8 Å². The van der Waals surface area contributed by atoms with E-state index in [4.69, 9.17) is 0 Å². The minimum absolute atomic E-state index is 0.186. The van der Waals surface area contributed by atoms with E-state index in [2.05, 4.69) is 32.9 Å². The molecule has 0 spiro atoms. The fourth-order valence-corrected chi connectivity index (χ4v) is 6.89. The zero-order valence-corrected chi connectivity index (χ0v) is 15.9. The quantitative estimate of drug-likeness (QED) is 0.765. The molecule has 0 bridgehead atoms. The Morgan fingerprint density at radius 3 is 2.80 bits per heavy atom. The first-order valence-corrected chi connectivity index (χ1v) is 10.2. The molecular weight excluding hydrogens is 306 g/mol. The van der Waals surface area contributed by atoms with E-state index in [-0.39, 0.29) is 5.92 Å². The molecule has 0 radical (unpaired) electrons. The summed E-state index contributed by atoms with van der Waals surface area (Å²) < 4.78 is 0. The van der Waals surface area contributed by atoms with Crippen LogP contribution in [0.4, 0.5) is 0 Å². The first-order chi connectivity index (χ1) is 12.0. The fraction of sp³-hybridized carbons (Fsp3) is 0.696. The second-order valence-electron chi connectivity index (χ2n) is 9.09. The zero-order valence-electron chi connectivity index (χ0n) is 15.9. The smallest absolute Gasteiger partial charge is 0.119 e. The Bertz CT molecular complexity index is 718. The molecule has 0 aliphatic heterocycles. The standard InChI is InChI=1S/C23H31NO/c1-4-15-11-19-16(12-22(15)25)5-6-18-17(19)9-10-23(3)20(14(2)13-24)7-8-21(18)23/h11-12,14,17-18,20-21,25H,4-10H2,1-3H3/t14-,17+,18-,20-,21+,23-/m1/s1. The summed E-state index contributed by atoms with van der Waals surface area (Å²) in [5.74, 6) is 3.48. The van der Waals surface area contributed by atoms with E-state index in [9.17, 15) is 10.4 Å². The number of nitrogens with zero attached hydrogens (tertiary/aromatic N) is 1. The van der Waals surface area contributed by atoms with Crippen molar-refractivity contribution in [2.75, 3.05) is 0 Å². The molecule has 2 heteroatoms. The summed E-state index contributed by atoms with van der Waals surface area (Å²) in [5.41, 5.74) is 4.39. The van der Waals surface area contributed by atoms with Gasteiger partial charge in [0.2, 0.25) is 0 Å². The van der Waals surface area contributed by atoms with Gasteiger partial charge in [0.25, 0.3) is 0 Å². The van der Waals surface area contributed by atoms with Crippen molar-refractivity contribution < 1.29 is 5.11 Å². The molecule has 0 amide bonds. The molecule has 3 aliphatic carbocycles. The van der Waals surface area contributed by atoms with E-state index in [1.165, 1.54) is 43.2 Å². The number of aromatic hydroxyl groups is 1. The van der Waals surface area contributed by atoms with Crippen molar-refractivity contribution in [2.24, 2.45) is 29.1 Å². The van der Waals surface area contributed by atoms with Gasteiger partial charge >= 0.3 is 0 Å². The van der Waals surface area contributed by atoms with Gasteiger partial charge in [-0.05, 0) is 104 Å². The van der Waals surface area contributed by atoms with Crippen molar-refractivity contribution in [2.45, 2.75) is 71.6 Å². The van der Waals surface area contributed by atoms with E-state index < -0.39 is 0 Å². The van der Waals surface area contributed by atoms with Gasteiger partial charge < -0.3 is 5.11 Å². The highest BCUT2D eigenvalue weighted by Crippen LogP contribution is 2.64. The normalized spacial score (nSPS) is 37.5. The number of benzene rings is 1. The molecule has 6 atom stereocenters. The van der Waals surface area contributed by atoms with Crippen LogP contribution in [0.5, 0.6) is 5.75 Å². The number of fused-ring (bicyclic) bond motifs is 5. The monoisotopic (exact) mass is 337 g/mol. The molecule has 0 unspecified atom stereocenters. The lowest BCUT2D eigenvalue weighted by Crippen LogP contribution is -2.43. The zero-order chi connectivity index (χ0) is 17.8. The van der Waals surface area contributed by atoms with Crippen LogP contribution in [0.2, 0.25) is 0 Å². The maximum atomic E-state index is 10.2. The minimum atomic E-state index is 0.186. The maximum absolute atomic E-state index is 10.2. The topological polar surface area (TPSA) is 44.0 Å². The molecule has 0 aromatic heterocycles. The molecule has 134 valence electrons. The highest BCUT2D eigenvalue weighted by Gasteiger charge is 2.55. The highest BCUT2D eigenvalue weighted by atomic mass is 16.3. The third-order valence-corrected chi connectivity index (χ3v) is 8.19. The molecule has 2 saturated carbocycles. The van der Waals surface area contributed by atoms with Gasteiger partial charge in [-0.25, -0.2) is 0 Å². The molecule has 25 heavy (non-hydrogen) atoms. The summed E-state index contributed by atoms with van der Waals surface area (Å²) in [6.07, 6.45) is 8.34. The third kappa shape index (κ3) is 2.42. The summed E-state index contributed by atoms with van der Waals surface area (Å²) in [6, 6.07) is 6.91. The molecule has 1 aromatic rings. The summed E-state index contributed by atoms with van der Waals surface area (Å²) >= 11 is 0. The molecule has 2 fully saturated rings. The van der Waals surface area contributed by atoms with Crippen LogP contribution in [-0.2, 0) is 12.8 Å². The van der Waals surface area contributed by atoms with Gasteiger partial charge in [-0.3, -0.25) is 0 Å². The van der Waals surface area contributed by atoms with E-state index >= 15 is 0 Å². The van der Waals surface area contributed by atoms with Crippen molar-refractivity contribution in [1.82, 2.24) is 0 Å². The number of nitriles is 1. The molecule has 1 N–H and O–H groups in total. The fourth-order valence-electron chi connectivity index (χ4n) is 6.89. The summed E-state index contributed by atoms with van der Waals surface area (Å²) in [6.45, 7) is 6.75. The third-order valence-electron chi connectivity index (χ3n) is 8.19. The number of phenolic OH excluding ortho intramolecular Hbond substituents is 1. The Kier molecular flexibility index (Phi) is 4.10. The first-order valence-electron chi connectivity index (χ1n) is 10.2. The molecule has 4 rings (SSSR count). The number of aryl methyl sites for hydroxylation is 2. The predicted octanol–water partition coefficient (Wildman–Crippen LogP) is 5.59. The summed E-state index contributed by atoms with van der Waals surface area (Å²) in [4.78, 5) is 0. The van der Waals surface area contributed by atoms with E-state index in [0.29, 0.717) is 23.0 Å². The van der Waals surface area contributed by atoms with Crippen LogP contribution in [0, 0.1) is 40.4 Å². The van der Waals surface area contributed by atoms with Gasteiger partial charge in [0, 0.05) is 5.92 Å². The minimum Gasteiger partial charge on any atom is -0.508 e. The lowest BCUT2D eigenvalue weighted by Gasteiger charge is -2.51. The van der Waals surface area contributed by atoms with Crippen LogP contribution >= 0.6 is 0 Å². The van der Waals surface area contributed by atoms with Crippen LogP contribution in [0.1, 0.15) is 75.5 Å². The predicted molar refractivity (Wildman–Crippen MR) is 100 cm³/mol. The molecule has 2 nitrogen and oxygen atoms in total. The van der Waals surface area contributed by atoms with Crippen molar-refractivity contribution >= 4 is 0 Å². The Morgan fingerprint density at radius 1 is 1.28 bits per heavy atom. The Hall–Kier alpha value is -1.49. The molecule has 1 aromatic carbocycles. The number of hydrogen-bond acceptors (Lipinski definition) is 2. The molecule has 0 saturated heterocycles. The number of rotatable bonds is 2. The van der Waals surface area contributed by atoms with Crippen molar-refractivity contribution in [1.29, 1.82) is 5.26 Å². The van der Waals surface area contributed by atoms with E-state index in [1.54, 1.807) is 0 Å². The number of phenols is 1. The first kappa shape index (κ1) is 17.0. The average Bonchev–Trinajstić information content (AvgIpc) is 2.97. The van der Waals surface area contributed by atoms with Crippen LogP contribution in [-0.4, -0.2) is 5.11 Å². The number of hydrogen-bond donors (Lipinski definition) is 1. The maximum Gasteiger partial charge on any atom is 0.119 e. The van der Waals surface area contributed by atoms with Gasteiger partial charge in [0.1, 0.15) is 5.75 Å². The summed E-state index contributed by atoms with van der Waals surface area (Å²) in [5, 5.41) is 19.7. The van der Waals surface area contributed by atoms with Crippen molar-refractivity contribution in [3.05, 3.63) is 28.8 Å². The second-order valence-corrected chi connectivity index (χ2v) is 9.09. The molecular formula is C23H31NO. The molecule has 3 aliphatic rings. The largest absolute Gasteiger partial charge is 0.508 e. The lowest BCUT2D eigenvalue weighted by atomic mass is 9.53. The van der Waals surface area contributed by atoms with Crippen molar-refractivity contribution in [3.63, 3.8) is 0 Å². The van der Waals surface area contributed by atoms with Gasteiger partial charge in [0.15, 0.2) is 0 Å². The Morgan fingerprint density at radius 2 is 2.08 bits per heavy atom. The second kappa shape index (κ2) is 6.04. The van der Waals surface area contributed by atoms with Crippen LogP contribution < -0.4 is 0 Å². The van der Waals surface area contributed by atoms with Gasteiger partial charge in [-0.1, -0.05) is 19.9 Å². The Labute approximate surface area is 152 Å². The Balaban J connectivity index is 1.68. The average molecular weight is 338 g/mol. The SMILES string of the molecule is CCc1cc2c(cc1O)CC[C@@H]1[C@@H]2CC[C@]2(C)[C@@H]([C@H](C)C#N)CC[C@@H]12. The van der Waals surface area contributed by atoms with Crippen LogP contribution in [0.3, 0.4) is 0 Å². The van der Waals surface area contributed by atoms with Gasteiger partial charge in [0.05, 0.1) is 6.07 Å².